The molecule has 0 amide bonds. The summed E-state index contributed by atoms with van der Waals surface area (Å²) in [5, 5.41) is -1.11. The van der Waals surface area contributed by atoms with Gasteiger partial charge in [0, 0.05) is 0 Å². The van der Waals surface area contributed by atoms with Crippen LogP contribution in [0.1, 0.15) is 34.6 Å². The van der Waals surface area contributed by atoms with Crippen LogP contribution in [0.15, 0.2) is 0 Å². The van der Waals surface area contributed by atoms with Crippen LogP contribution in [0.4, 0.5) is 0 Å². The van der Waals surface area contributed by atoms with Crippen molar-refractivity contribution < 1.29 is 18.8 Å². The van der Waals surface area contributed by atoms with Crippen molar-refractivity contribution in [2.24, 2.45) is 0 Å². The predicted octanol–water partition coefficient (Wildman–Crippen LogP) is 2.84. The summed E-state index contributed by atoms with van der Waals surface area (Å²) in [5.41, 5.74) is -0.620. The first-order valence-electron chi connectivity index (χ1n) is 5.14. The van der Waals surface area contributed by atoms with Crippen LogP contribution in [0.5, 0.6) is 0 Å². The molecule has 0 saturated heterocycles. The molecule has 2 atom stereocenters. The minimum Gasteiger partial charge on any atom is -0.459 e. The van der Waals surface area contributed by atoms with Gasteiger partial charge < -0.3 is 14.0 Å². The van der Waals surface area contributed by atoms with E-state index in [0.29, 0.717) is 0 Å². The molecule has 4 nitrogen and oxygen atoms in total. The van der Waals surface area contributed by atoms with Crippen LogP contribution < -0.4 is 0 Å². The van der Waals surface area contributed by atoms with Gasteiger partial charge in [0.25, 0.3) is 0 Å². The van der Waals surface area contributed by atoms with E-state index in [0.717, 1.165) is 0 Å². The number of hydrogen-bond donors (Lipinski definition) is 0. The molecule has 0 rings (SSSR count). The number of carbonyl (C=O) groups excluding carboxylic acids is 1. The summed E-state index contributed by atoms with van der Waals surface area (Å²) in [4.78, 5) is 11.5. The van der Waals surface area contributed by atoms with Crippen LogP contribution in [0.3, 0.4) is 0 Å². The molecule has 0 saturated carbocycles. The van der Waals surface area contributed by atoms with Crippen molar-refractivity contribution in [3.8, 4) is 0 Å². The van der Waals surface area contributed by atoms with Crippen LogP contribution in [0, 0.1) is 0 Å². The fourth-order valence-corrected chi connectivity index (χ4v) is 2.01. The number of hydrogen-bond acceptors (Lipinski definition) is 4. The van der Waals surface area contributed by atoms with Crippen molar-refractivity contribution in [1.29, 1.82) is 0 Å². The third kappa shape index (κ3) is 7.26. The van der Waals surface area contributed by atoms with Crippen molar-refractivity contribution >= 4 is 25.4 Å². The van der Waals surface area contributed by atoms with Crippen LogP contribution in [-0.4, -0.2) is 29.1 Å². The second-order valence-corrected chi connectivity index (χ2v) is 7.32. The fourth-order valence-electron chi connectivity index (χ4n) is 0.807. The highest BCUT2D eigenvalue weighted by Crippen LogP contribution is 2.33. The van der Waals surface area contributed by atoms with Crippen molar-refractivity contribution in [1.82, 2.24) is 0 Å². The number of rotatable bonds is 5. The first-order chi connectivity index (χ1) is 7.13. The summed E-state index contributed by atoms with van der Waals surface area (Å²) in [7, 11) is -2.31. The average Bonchev–Trinajstić information content (AvgIpc) is 2.10. The summed E-state index contributed by atoms with van der Waals surface area (Å²) in [5.74, 6) is -0.648. The minimum atomic E-state index is -2.31. The van der Waals surface area contributed by atoms with Gasteiger partial charge in [-0.1, -0.05) is 0 Å². The van der Waals surface area contributed by atoms with Crippen LogP contribution in [-0.2, 0) is 18.8 Å². The SMILES string of the molecule is CC(C)OC[PH](=O)C(Cl)C(=O)OC(C)(C)C. The van der Waals surface area contributed by atoms with Gasteiger partial charge in [0.05, 0.1) is 12.5 Å². The van der Waals surface area contributed by atoms with E-state index >= 15 is 0 Å². The lowest BCUT2D eigenvalue weighted by atomic mass is 10.2. The monoisotopic (exact) mass is 270 g/mol. The second kappa shape index (κ2) is 6.63. The van der Waals surface area contributed by atoms with Crippen LogP contribution in [0.2, 0.25) is 0 Å². The molecule has 0 heterocycles. The highest BCUT2D eigenvalue weighted by atomic mass is 35.5. The molecule has 0 fully saturated rings. The normalized spacial score (nSPS) is 15.9. The van der Waals surface area contributed by atoms with Gasteiger partial charge >= 0.3 is 5.97 Å². The molecule has 0 aliphatic heterocycles. The Morgan fingerprint density at radius 2 is 1.88 bits per heavy atom. The summed E-state index contributed by atoms with van der Waals surface area (Å²) in [6.07, 6.45) is -0.0214. The maximum absolute atomic E-state index is 11.6. The molecule has 6 heteroatoms. The zero-order valence-electron chi connectivity index (χ0n) is 10.4. The van der Waals surface area contributed by atoms with Crippen molar-refractivity contribution in [3.05, 3.63) is 0 Å². The number of carbonyl (C=O) groups is 1. The van der Waals surface area contributed by atoms with Gasteiger partial charge in [-0.3, -0.25) is 0 Å². The Bertz CT molecular complexity index is 260. The zero-order chi connectivity index (χ0) is 12.9. The highest BCUT2D eigenvalue weighted by molar-refractivity contribution is 7.48. The Morgan fingerprint density at radius 3 is 2.25 bits per heavy atom. The van der Waals surface area contributed by atoms with E-state index in [9.17, 15) is 9.36 Å². The molecule has 0 aromatic rings. The molecule has 0 aromatic heterocycles. The molecule has 96 valence electrons. The second-order valence-electron chi connectivity index (χ2n) is 4.72. The largest absolute Gasteiger partial charge is 0.459 e. The molecule has 0 aromatic carbocycles. The lowest BCUT2D eigenvalue weighted by Gasteiger charge is -2.21. The zero-order valence-corrected chi connectivity index (χ0v) is 12.1. The van der Waals surface area contributed by atoms with Gasteiger partial charge in [0.2, 0.25) is 0 Å². The van der Waals surface area contributed by atoms with Gasteiger partial charge in [-0.05, 0) is 34.6 Å². The number of alkyl halides is 1. The maximum atomic E-state index is 11.6. The number of ether oxygens (including phenoxy) is 2. The lowest BCUT2D eigenvalue weighted by molar-refractivity contribution is -0.152. The Morgan fingerprint density at radius 1 is 1.38 bits per heavy atom. The first kappa shape index (κ1) is 16.0. The summed E-state index contributed by atoms with van der Waals surface area (Å²) in [6, 6.07) is 0. The third-order valence-corrected chi connectivity index (χ3v) is 3.62. The molecule has 16 heavy (non-hydrogen) atoms. The Labute approximate surface area is 102 Å². The van der Waals surface area contributed by atoms with E-state index in [1.54, 1.807) is 20.8 Å². The molecule has 0 aliphatic carbocycles. The quantitative estimate of drug-likeness (QED) is 0.438. The van der Waals surface area contributed by atoms with E-state index in [4.69, 9.17) is 21.1 Å². The van der Waals surface area contributed by atoms with Crippen molar-refractivity contribution in [2.75, 3.05) is 6.35 Å². The van der Waals surface area contributed by atoms with E-state index < -0.39 is 24.5 Å². The van der Waals surface area contributed by atoms with Crippen molar-refractivity contribution in [2.45, 2.75) is 51.4 Å². The predicted molar refractivity (Wildman–Crippen MR) is 65.6 cm³/mol. The molecule has 0 radical (unpaired) electrons. The molecule has 2 unspecified atom stereocenters. The minimum absolute atomic E-state index is 0.00967. The fraction of sp³-hybridized carbons (Fsp3) is 0.900. The van der Waals surface area contributed by atoms with Gasteiger partial charge in [-0.2, -0.15) is 0 Å². The van der Waals surface area contributed by atoms with Gasteiger partial charge in [0.15, 0.2) is 5.12 Å². The van der Waals surface area contributed by atoms with Gasteiger partial charge in [0.1, 0.15) is 13.4 Å². The number of halogens is 1. The highest BCUT2D eigenvalue weighted by Gasteiger charge is 2.28. The summed E-state index contributed by atoms with van der Waals surface area (Å²) in [6.45, 7) is 8.85. The molecular weight excluding hydrogens is 251 g/mol. The Balaban J connectivity index is 4.17. The van der Waals surface area contributed by atoms with Crippen LogP contribution in [0.25, 0.3) is 0 Å². The van der Waals surface area contributed by atoms with Crippen molar-refractivity contribution in [3.63, 3.8) is 0 Å². The lowest BCUT2D eigenvalue weighted by Crippen LogP contribution is -2.28. The van der Waals surface area contributed by atoms with E-state index in [-0.39, 0.29) is 12.5 Å². The molecular formula is C10H20ClO4P. The molecule has 0 spiro atoms. The van der Waals surface area contributed by atoms with E-state index in [1.165, 1.54) is 0 Å². The smallest absolute Gasteiger partial charge is 0.332 e. The van der Waals surface area contributed by atoms with Gasteiger partial charge in [-0.25, -0.2) is 4.79 Å². The van der Waals surface area contributed by atoms with Crippen LogP contribution >= 0.6 is 19.4 Å². The van der Waals surface area contributed by atoms with Gasteiger partial charge in [-0.15, -0.1) is 11.6 Å². The topological polar surface area (TPSA) is 52.6 Å². The standard InChI is InChI=1S/C10H20ClO4P/c1-7(2)14-6-16(13)8(11)9(12)15-10(3,4)5/h7-8,16H,6H2,1-5H3. The summed E-state index contributed by atoms with van der Waals surface area (Å²) < 4.78 is 21.8. The molecule has 0 bridgehead atoms. The third-order valence-electron chi connectivity index (χ3n) is 1.46. The molecule has 0 N–H and O–H groups in total. The average molecular weight is 271 g/mol. The first-order valence-corrected chi connectivity index (χ1v) is 7.27. The maximum Gasteiger partial charge on any atom is 0.332 e. The Kier molecular flexibility index (Phi) is 6.61. The Hall–Kier alpha value is -0.0500. The number of esters is 1. The van der Waals surface area contributed by atoms with E-state index in [1.807, 2.05) is 13.8 Å². The molecule has 0 aliphatic rings. The summed E-state index contributed by atoms with van der Waals surface area (Å²) >= 11 is 5.75. The van der Waals surface area contributed by atoms with E-state index in [2.05, 4.69) is 0 Å².